The highest BCUT2D eigenvalue weighted by atomic mass is 19.2. The fraction of sp³-hybridized carbons (Fsp3) is 0.308. The van der Waals surface area contributed by atoms with Crippen LogP contribution in [0, 0.1) is 11.6 Å². The molecule has 1 aromatic carbocycles. The van der Waals surface area contributed by atoms with E-state index in [1.807, 2.05) is 7.05 Å². The summed E-state index contributed by atoms with van der Waals surface area (Å²) in [6.45, 7) is 0. The predicted molar refractivity (Wildman–Crippen MR) is 63.0 cm³/mol. The summed E-state index contributed by atoms with van der Waals surface area (Å²) in [5.74, 6) is -1.08. The van der Waals surface area contributed by atoms with Crippen molar-refractivity contribution >= 4 is 0 Å². The fourth-order valence-corrected chi connectivity index (χ4v) is 1.84. The molecule has 18 heavy (non-hydrogen) atoms. The van der Waals surface area contributed by atoms with Crippen LogP contribution >= 0.6 is 0 Å². The molecule has 2 aromatic rings. The summed E-state index contributed by atoms with van der Waals surface area (Å²) in [6.07, 6.45) is 2.98. The number of hydrogen-bond donors (Lipinski definition) is 1. The molecule has 0 aliphatic heterocycles. The second-order valence-electron chi connectivity index (χ2n) is 4.23. The minimum atomic E-state index is -0.892. The molecule has 1 heterocycles. The number of hydrogen-bond acceptors (Lipinski definition) is 2. The van der Waals surface area contributed by atoms with Gasteiger partial charge in [-0.05, 0) is 11.6 Å². The van der Waals surface area contributed by atoms with Gasteiger partial charge in [0.05, 0.1) is 6.10 Å². The Morgan fingerprint density at radius 2 is 2.11 bits per heavy atom. The third-order valence-electron chi connectivity index (χ3n) is 2.83. The molecule has 3 nitrogen and oxygen atoms in total. The highest BCUT2D eigenvalue weighted by Gasteiger charge is 2.14. The Kier molecular flexibility index (Phi) is 3.72. The van der Waals surface area contributed by atoms with E-state index in [1.165, 1.54) is 12.1 Å². The largest absolute Gasteiger partial charge is 0.392 e. The summed E-state index contributed by atoms with van der Waals surface area (Å²) >= 11 is 0. The van der Waals surface area contributed by atoms with Crippen LogP contribution in [-0.2, 0) is 19.9 Å². The summed E-state index contributed by atoms with van der Waals surface area (Å²) in [6, 6.07) is 3.96. The minimum absolute atomic E-state index is 0.0659. The number of imidazole rings is 1. The molecule has 1 atom stereocenters. The fourth-order valence-electron chi connectivity index (χ4n) is 1.84. The predicted octanol–water partition coefficient (Wildman–Crippen LogP) is 1.84. The van der Waals surface area contributed by atoms with Gasteiger partial charge >= 0.3 is 0 Å². The van der Waals surface area contributed by atoms with Crippen molar-refractivity contribution in [3.63, 3.8) is 0 Å². The molecule has 5 heteroatoms. The Hall–Kier alpha value is -1.75. The highest BCUT2D eigenvalue weighted by molar-refractivity contribution is 5.19. The van der Waals surface area contributed by atoms with Crippen LogP contribution in [0.5, 0.6) is 0 Å². The smallest absolute Gasteiger partial charge is 0.162 e. The van der Waals surface area contributed by atoms with Crippen LogP contribution in [0.4, 0.5) is 8.78 Å². The van der Waals surface area contributed by atoms with Crippen LogP contribution in [0.15, 0.2) is 30.6 Å². The molecular weight excluding hydrogens is 238 g/mol. The second-order valence-corrected chi connectivity index (χ2v) is 4.23. The van der Waals surface area contributed by atoms with E-state index in [2.05, 4.69) is 4.98 Å². The molecule has 0 saturated carbocycles. The average molecular weight is 252 g/mol. The summed E-state index contributed by atoms with van der Waals surface area (Å²) in [5.41, 5.74) is 0.178. The third-order valence-corrected chi connectivity index (χ3v) is 2.83. The second kappa shape index (κ2) is 5.27. The van der Waals surface area contributed by atoms with Gasteiger partial charge in [-0.25, -0.2) is 13.8 Å². The lowest BCUT2D eigenvalue weighted by Gasteiger charge is -2.11. The maximum Gasteiger partial charge on any atom is 0.162 e. The van der Waals surface area contributed by atoms with Crippen LogP contribution in [0.3, 0.4) is 0 Å². The number of aliphatic hydroxyl groups is 1. The summed E-state index contributed by atoms with van der Waals surface area (Å²) in [5, 5.41) is 9.87. The lowest BCUT2D eigenvalue weighted by molar-refractivity contribution is 0.170. The van der Waals surface area contributed by atoms with Gasteiger partial charge in [0.2, 0.25) is 0 Å². The van der Waals surface area contributed by atoms with Crippen molar-refractivity contribution in [2.75, 3.05) is 0 Å². The number of aryl methyl sites for hydroxylation is 1. The molecule has 96 valence electrons. The Labute approximate surface area is 104 Å². The third kappa shape index (κ3) is 2.73. The first-order valence-electron chi connectivity index (χ1n) is 5.65. The molecule has 0 spiro atoms. The molecule has 1 aromatic heterocycles. The van der Waals surface area contributed by atoms with Crippen molar-refractivity contribution in [2.45, 2.75) is 18.9 Å². The molecule has 0 aliphatic rings. The van der Waals surface area contributed by atoms with Crippen molar-refractivity contribution in [1.82, 2.24) is 9.55 Å². The molecule has 0 aliphatic carbocycles. The first-order chi connectivity index (χ1) is 8.58. The van der Waals surface area contributed by atoms with Gasteiger partial charge in [0.25, 0.3) is 0 Å². The lowest BCUT2D eigenvalue weighted by Crippen LogP contribution is -2.17. The van der Waals surface area contributed by atoms with E-state index in [0.717, 1.165) is 6.07 Å². The maximum atomic E-state index is 13.4. The molecular formula is C13H14F2N2O. The van der Waals surface area contributed by atoms with Crippen molar-refractivity contribution in [1.29, 1.82) is 0 Å². The zero-order valence-electron chi connectivity index (χ0n) is 9.98. The molecule has 0 radical (unpaired) electrons. The number of benzene rings is 1. The van der Waals surface area contributed by atoms with Gasteiger partial charge in [-0.15, -0.1) is 0 Å². The van der Waals surface area contributed by atoms with Gasteiger partial charge in [-0.1, -0.05) is 12.1 Å². The first-order valence-corrected chi connectivity index (χ1v) is 5.65. The SMILES string of the molecule is Cn1ccnc1CC(O)Cc1cccc(F)c1F. The Morgan fingerprint density at radius 3 is 2.78 bits per heavy atom. The lowest BCUT2D eigenvalue weighted by atomic mass is 10.0. The Bertz CT molecular complexity index is 540. The molecule has 0 fully saturated rings. The summed E-state index contributed by atoms with van der Waals surface area (Å²) in [7, 11) is 1.82. The Morgan fingerprint density at radius 1 is 1.33 bits per heavy atom. The van der Waals surface area contributed by atoms with Crippen LogP contribution in [-0.4, -0.2) is 20.8 Å². The van der Waals surface area contributed by atoms with Crippen LogP contribution in [0.25, 0.3) is 0 Å². The van der Waals surface area contributed by atoms with E-state index in [-0.39, 0.29) is 12.0 Å². The number of rotatable bonds is 4. The van der Waals surface area contributed by atoms with Gasteiger partial charge < -0.3 is 9.67 Å². The van der Waals surface area contributed by atoms with E-state index in [1.54, 1.807) is 17.0 Å². The van der Waals surface area contributed by atoms with E-state index in [0.29, 0.717) is 12.2 Å². The molecule has 0 bridgehead atoms. The standard InChI is InChI=1S/C13H14F2N2O/c1-17-6-5-16-12(17)8-10(18)7-9-3-2-4-11(14)13(9)15/h2-6,10,18H,7-8H2,1H3. The van der Waals surface area contributed by atoms with Crippen molar-refractivity contribution in [2.24, 2.45) is 7.05 Å². The zero-order chi connectivity index (χ0) is 13.1. The number of nitrogens with zero attached hydrogens (tertiary/aromatic N) is 2. The quantitative estimate of drug-likeness (QED) is 0.901. The van der Waals surface area contributed by atoms with Crippen molar-refractivity contribution < 1.29 is 13.9 Å². The zero-order valence-corrected chi connectivity index (χ0v) is 9.98. The van der Waals surface area contributed by atoms with Gasteiger partial charge in [-0.3, -0.25) is 0 Å². The molecule has 0 saturated heterocycles. The highest BCUT2D eigenvalue weighted by Crippen LogP contribution is 2.14. The number of halogens is 2. The minimum Gasteiger partial charge on any atom is -0.392 e. The first kappa shape index (κ1) is 12.7. The molecule has 1 unspecified atom stereocenters. The van der Waals surface area contributed by atoms with E-state index in [9.17, 15) is 13.9 Å². The average Bonchev–Trinajstić information content (AvgIpc) is 2.71. The van der Waals surface area contributed by atoms with Crippen LogP contribution in [0.2, 0.25) is 0 Å². The Balaban J connectivity index is 2.05. The van der Waals surface area contributed by atoms with Gasteiger partial charge in [0.15, 0.2) is 11.6 Å². The van der Waals surface area contributed by atoms with Crippen molar-refractivity contribution in [3.8, 4) is 0 Å². The van der Waals surface area contributed by atoms with E-state index in [4.69, 9.17) is 0 Å². The number of aromatic nitrogens is 2. The summed E-state index contributed by atoms with van der Waals surface area (Å²) < 4.78 is 28.2. The van der Waals surface area contributed by atoms with Crippen molar-refractivity contribution in [3.05, 3.63) is 53.6 Å². The van der Waals surface area contributed by atoms with E-state index < -0.39 is 17.7 Å². The van der Waals surface area contributed by atoms with Gasteiger partial charge in [-0.2, -0.15) is 0 Å². The molecule has 2 rings (SSSR count). The number of aliphatic hydroxyl groups excluding tert-OH is 1. The normalized spacial score (nSPS) is 12.7. The van der Waals surface area contributed by atoms with E-state index >= 15 is 0 Å². The van der Waals surface area contributed by atoms with Crippen LogP contribution < -0.4 is 0 Å². The molecule has 0 amide bonds. The van der Waals surface area contributed by atoms with Gasteiger partial charge in [0, 0.05) is 32.3 Å². The monoisotopic (exact) mass is 252 g/mol. The van der Waals surface area contributed by atoms with Crippen LogP contribution in [0.1, 0.15) is 11.4 Å². The molecule has 1 N–H and O–H groups in total. The summed E-state index contributed by atoms with van der Waals surface area (Å²) in [4.78, 5) is 4.07. The topological polar surface area (TPSA) is 38.0 Å². The maximum absolute atomic E-state index is 13.4. The van der Waals surface area contributed by atoms with Gasteiger partial charge in [0.1, 0.15) is 5.82 Å².